The minimum Gasteiger partial charge on any atom is -0.488 e. The van der Waals surface area contributed by atoms with Gasteiger partial charge in [0.1, 0.15) is 12.4 Å². The Kier molecular flexibility index (Phi) is 4.24. The van der Waals surface area contributed by atoms with E-state index < -0.39 is 0 Å². The molecule has 0 N–H and O–H groups in total. The van der Waals surface area contributed by atoms with Gasteiger partial charge in [0, 0.05) is 5.02 Å². The van der Waals surface area contributed by atoms with Gasteiger partial charge in [0.25, 0.3) is 0 Å². The van der Waals surface area contributed by atoms with Gasteiger partial charge in [-0.3, -0.25) is 4.79 Å². The molecule has 2 aromatic carbocycles. The highest BCUT2D eigenvalue weighted by Crippen LogP contribution is 2.30. The molecular weight excluding hydrogens is 271 g/mol. The molecule has 0 aliphatic heterocycles. The molecule has 0 spiro atoms. The lowest BCUT2D eigenvalue weighted by atomic mass is 10.2. The average Bonchev–Trinajstić information content (AvgIpc) is 2.37. The van der Waals surface area contributed by atoms with E-state index in [1.807, 2.05) is 30.3 Å². The molecule has 0 heterocycles. The third-order valence-corrected chi connectivity index (χ3v) is 2.94. The number of carbonyl (C=O) groups excluding carboxylic acids is 1. The summed E-state index contributed by atoms with van der Waals surface area (Å²) in [5, 5.41) is 0.731. The monoisotopic (exact) mass is 280 g/mol. The molecule has 0 radical (unpaired) electrons. The van der Waals surface area contributed by atoms with Gasteiger partial charge in [-0.15, -0.1) is 0 Å². The largest absolute Gasteiger partial charge is 0.488 e. The SMILES string of the molecule is O=Cc1c(Cl)cc(Cl)cc1OCc1ccccc1. The highest BCUT2D eigenvalue weighted by Gasteiger charge is 2.09. The summed E-state index contributed by atoms with van der Waals surface area (Å²) < 4.78 is 5.58. The summed E-state index contributed by atoms with van der Waals surface area (Å²) >= 11 is 11.8. The van der Waals surface area contributed by atoms with Crippen molar-refractivity contribution >= 4 is 29.5 Å². The van der Waals surface area contributed by atoms with Crippen molar-refractivity contribution in [2.24, 2.45) is 0 Å². The van der Waals surface area contributed by atoms with Crippen molar-refractivity contribution in [3.63, 3.8) is 0 Å². The summed E-state index contributed by atoms with van der Waals surface area (Å²) in [4.78, 5) is 11.0. The standard InChI is InChI=1S/C14H10Cl2O2/c15-11-6-13(16)12(8-17)14(7-11)18-9-10-4-2-1-3-5-10/h1-8H,9H2. The van der Waals surface area contributed by atoms with Crippen molar-refractivity contribution in [1.29, 1.82) is 0 Å². The fourth-order valence-electron chi connectivity index (χ4n) is 1.53. The molecule has 0 atom stereocenters. The van der Waals surface area contributed by atoms with Crippen molar-refractivity contribution in [2.45, 2.75) is 6.61 Å². The van der Waals surface area contributed by atoms with Gasteiger partial charge in [-0.05, 0) is 17.7 Å². The first-order valence-corrected chi connectivity index (χ1v) is 6.07. The second kappa shape index (κ2) is 5.89. The van der Waals surface area contributed by atoms with Crippen molar-refractivity contribution in [3.8, 4) is 5.75 Å². The zero-order chi connectivity index (χ0) is 13.0. The number of aldehydes is 1. The number of hydrogen-bond donors (Lipinski definition) is 0. The molecule has 2 aromatic rings. The smallest absolute Gasteiger partial charge is 0.155 e. The molecular formula is C14H10Cl2O2. The Labute approximate surface area is 115 Å². The molecule has 0 saturated heterocycles. The Morgan fingerprint density at radius 3 is 2.50 bits per heavy atom. The zero-order valence-corrected chi connectivity index (χ0v) is 10.9. The Hall–Kier alpha value is -1.51. The van der Waals surface area contributed by atoms with E-state index in [2.05, 4.69) is 0 Å². The van der Waals surface area contributed by atoms with Crippen LogP contribution in [0.5, 0.6) is 5.75 Å². The molecule has 0 amide bonds. The quantitative estimate of drug-likeness (QED) is 0.777. The van der Waals surface area contributed by atoms with E-state index in [1.54, 1.807) is 6.07 Å². The minimum atomic E-state index is 0.292. The van der Waals surface area contributed by atoms with Crippen LogP contribution in [-0.4, -0.2) is 6.29 Å². The zero-order valence-electron chi connectivity index (χ0n) is 9.40. The normalized spacial score (nSPS) is 10.1. The summed E-state index contributed by atoms with van der Waals surface area (Å²) in [6.07, 6.45) is 0.666. The van der Waals surface area contributed by atoms with Gasteiger partial charge < -0.3 is 4.74 Å². The van der Waals surface area contributed by atoms with E-state index in [9.17, 15) is 4.79 Å². The van der Waals surface area contributed by atoms with Crippen LogP contribution in [0.15, 0.2) is 42.5 Å². The fraction of sp³-hybridized carbons (Fsp3) is 0.0714. The summed E-state index contributed by atoms with van der Waals surface area (Å²) in [7, 11) is 0. The van der Waals surface area contributed by atoms with Gasteiger partial charge in [0.05, 0.1) is 10.6 Å². The topological polar surface area (TPSA) is 26.3 Å². The third-order valence-electron chi connectivity index (χ3n) is 2.41. The molecule has 92 valence electrons. The van der Waals surface area contributed by atoms with Gasteiger partial charge in [0.2, 0.25) is 0 Å². The Morgan fingerprint density at radius 2 is 1.83 bits per heavy atom. The van der Waals surface area contributed by atoms with Gasteiger partial charge >= 0.3 is 0 Å². The second-order valence-electron chi connectivity index (χ2n) is 3.69. The number of halogens is 2. The molecule has 0 fully saturated rings. The summed E-state index contributed by atoms with van der Waals surface area (Å²) in [5.41, 5.74) is 1.32. The lowest BCUT2D eigenvalue weighted by Gasteiger charge is -2.10. The molecule has 18 heavy (non-hydrogen) atoms. The van der Waals surface area contributed by atoms with Crippen LogP contribution in [0.2, 0.25) is 10.0 Å². The van der Waals surface area contributed by atoms with Crippen LogP contribution in [-0.2, 0) is 6.61 Å². The molecule has 2 nitrogen and oxygen atoms in total. The molecule has 0 unspecified atom stereocenters. The summed E-state index contributed by atoms with van der Waals surface area (Å²) in [6.45, 7) is 0.359. The van der Waals surface area contributed by atoms with Crippen LogP contribution in [0.1, 0.15) is 15.9 Å². The molecule has 0 aliphatic carbocycles. The lowest BCUT2D eigenvalue weighted by molar-refractivity contribution is 0.111. The van der Waals surface area contributed by atoms with Crippen molar-refractivity contribution in [1.82, 2.24) is 0 Å². The van der Waals surface area contributed by atoms with E-state index in [0.717, 1.165) is 5.56 Å². The first-order valence-electron chi connectivity index (χ1n) is 5.31. The predicted octanol–water partition coefficient (Wildman–Crippen LogP) is 4.38. The number of ether oxygens (including phenoxy) is 1. The Morgan fingerprint density at radius 1 is 1.11 bits per heavy atom. The van der Waals surface area contributed by atoms with Crippen LogP contribution >= 0.6 is 23.2 Å². The molecule has 4 heteroatoms. The van der Waals surface area contributed by atoms with E-state index in [1.165, 1.54) is 6.07 Å². The molecule has 0 saturated carbocycles. The van der Waals surface area contributed by atoms with Crippen LogP contribution in [0.4, 0.5) is 0 Å². The minimum absolute atomic E-state index is 0.292. The first kappa shape index (κ1) is 12.9. The number of rotatable bonds is 4. The van der Waals surface area contributed by atoms with E-state index >= 15 is 0 Å². The van der Waals surface area contributed by atoms with Gasteiger partial charge in [-0.25, -0.2) is 0 Å². The summed E-state index contributed by atoms with van der Waals surface area (Å²) in [5.74, 6) is 0.395. The number of benzene rings is 2. The van der Waals surface area contributed by atoms with Crippen LogP contribution in [0.3, 0.4) is 0 Å². The molecule has 2 rings (SSSR count). The highest BCUT2D eigenvalue weighted by molar-refractivity contribution is 6.36. The maximum absolute atomic E-state index is 11.0. The maximum Gasteiger partial charge on any atom is 0.155 e. The fourth-order valence-corrected chi connectivity index (χ4v) is 2.05. The van der Waals surface area contributed by atoms with E-state index in [-0.39, 0.29) is 0 Å². The second-order valence-corrected chi connectivity index (χ2v) is 4.54. The van der Waals surface area contributed by atoms with Crippen molar-refractivity contribution in [2.75, 3.05) is 0 Å². The van der Waals surface area contributed by atoms with Crippen LogP contribution in [0, 0.1) is 0 Å². The Bertz CT molecular complexity index is 553. The predicted molar refractivity (Wildman–Crippen MR) is 72.6 cm³/mol. The molecule has 0 aliphatic rings. The molecule has 0 bridgehead atoms. The van der Waals surface area contributed by atoms with E-state index in [4.69, 9.17) is 27.9 Å². The average molecular weight is 281 g/mol. The molecule has 0 aromatic heterocycles. The highest BCUT2D eigenvalue weighted by atomic mass is 35.5. The van der Waals surface area contributed by atoms with Crippen LogP contribution in [0.25, 0.3) is 0 Å². The van der Waals surface area contributed by atoms with Crippen molar-refractivity contribution < 1.29 is 9.53 Å². The number of hydrogen-bond acceptors (Lipinski definition) is 2. The van der Waals surface area contributed by atoms with Gasteiger partial charge in [0.15, 0.2) is 6.29 Å². The third kappa shape index (κ3) is 3.03. The lowest BCUT2D eigenvalue weighted by Crippen LogP contribution is -1.98. The Balaban J connectivity index is 2.21. The van der Waals surface area contributed by atoms with Crippen molar-refractivity contribution in [3.05, 3.63) is 63.6 Å². The van der Waals surface area contributed by atoms with E-state index in [0.29, 0.717) is 34.3 Å². The maximum atomic E-state index is 11.0. The first-order chi connectivity index (χ1) is 8.70. The van der Waals surface area contributed by atoms with Crippen LogP contribution < -0.4 is 4.74 Å². The number of carbonyl (C=O) groups is 1. The summed E-state index contributed by atoms with van der Waals surface area (Å²) in [6, 6.07) is 12.7. The van der Waals surface area contributed by atoms with Gasteiger partial charge in [-0.2, -0.15) is 0 Å². The van der Waals surface area contributed by atoms with Gasteiger partial charge in [-0.1, -0.05) is 53.5 Å².